The molecular formula is C21H22N6. The molecule has 1 aromatic carbocycles. The van der Waals surface area contributed by atoms with Crippen LogP contribution in [0.25, 0.3) is 16.7 Å². The van der Waals surface area contributed by atoms with Crippen molar-refractivity contribution in [2.24, 2.45) is 0 Å². The van der Waals surface area contributed by atoms with Crippen LogP contribution in [0.4, 0.5) is 0 Å². The Morgan fingerprint density at radius 1 is 1.11 bits per heavy atom. The maximum absolute atomic E-state index is 4.84. The average molecular weight is 358 g/mol. The zero-order chi connectivity index (χ0) is 18.2. The van der Waals surface area contributed by atoms with Crippen LogP contribution in [0.2, 0.25) is 0 Å². The molecule has 6 nitrogen and oxygen atoms in total. The molecule has 0 bridgehead atoms. The van der Waals surface area contributed by atoms with E-state index in [-0.39, 0.29) is 0 Å². The first-order chi connectivity index (χ1) is 13.3. The van der Waals surface area contributed by atoms with Gasteiger partial charge in [0, 0.05) is 30.1 Å². The molecule has 4 aromatic rings. The number of benzene rings is 1. The van der Waals surface area contributed by atoms with Crippen LogP contribution in [0, 0.1) is 6.92 Å². The number of piperidine rings is 1. The van der Waals surface area contributed by atoms with E-state index in [9.17, 15) is 0 Å². The quantitative estimate of drug-likeness (QED) is 0.562. The predicted molar refractivity (Wildman–Crippen MR) is 105 cm³/mol. The molecule has 27 heavy (non-hydrogen) atoms. The minimum Gasteiger partial charge on any atom is -0.297 e. The van der Waals surface area contributed by atoms with Crippen molar-refractivity contribution in [2.75, 3.05) is 13.1 Å². The Kier molecular flexibility index (Phi) is 4.05. The Hall–Kier alpha value is -2.86. The number of para-hydroxylation sites is 1. The van der Waals surface area contributed by atoms with Crippen molar-refractivity contribution in [3.63, 3.8) is 0 Å². The molecule has 136 valence electrons. The highest BCUT2D eigenvalue weighted by Crippen LogP contribution is 2.28. The van der Waals surface area contributed by atoms with Crippen LogP contribution < -0.4 is 0 Å². The number of hydrogen-bond donors (Lipinski definition) is 0. The molecule has 0 aliphatic carbocycles. The van der Waals surface area contributed by atoms with Crippen LogP contribution in [-0.2, 0) is 6.54 Å². The third kappa shape index (κ3) is 3.17. The van der Waals surface area contributed by atoms with E-state index < -0.39 is 0 Å². The molecule has 1 aliphatic heterocycles. The van der Waals surface area contributed by atoms with Gasteiger partial charge in [-0.3, -0.25) is 9.88 Å². The Morgan fingerprint density at radius 3 is 3.00 bits per heavy atom. The highest BCUT2D eigenvalue weighted by Gasteiger charge is 2.24. The zero-order valence-corrected chi connectivity index (χ0v) is 15.4. The number of rotatable bonds is 3. The van der Waals surface area contributed by atoms with E-state index >= 15 is 0 Å². The van der Waals surface area contributed by atoms with Gasteiger partial charge in [-0.05, 0) is 44.5 Å². The number of fused-ring (bicyclic) bond motifs is 2. The minimum absolute atomic E-state index is 0.435. The standard InChI is InChI=1S/C21H22N6/c1-15-11-20(27-21(24-15)22-14-23-27)17-6-4-10-26(12-17)13-18-9-8-16-5-2-3-7-19(16)25-18/h2-3,5,7-9,11,14,17H,4,6,10,12-13H2,1H3. The highest BCUT2D eigenvalue weighted by atomic mass is 15.3. The van der Waals surface area contributed by atoms with Gasteiger partial charge in [0.15, 0.2) is 0 Å². The van der Waals surface area contributed by atoms with E-state index in [4.69, 9.17) is 4.98 Å². The van der Waals surface area contributed by atoms with Crippen molar-refractivity contribution in [1.82, 2.24) is 29.5 Å². The number of pyridine rings is 1. The van der Waals surface area contributed by atoms with E-state index in [1.807, 2.05) is 17.5 Å². The summed E-state index contributed by atoms with van der Waals surface area (Å²) in [6, 6.07) is 14.8. The van der Waals surface area contributed by atoms with Crippen molar-refractivity contribution in [3.8, 4) is 0 Å². The number of aryl methyl sites for hydroxylation is 1. The lowest BCUT2D eigenvalue weighted by Crippen LogP contribution is -2.35. The summed E-state index contributed by atoms with van der Waals surface area (Å²) in [7, 11) is 0. The van der Waals surface area contributed by atoms with Gasteiger partial charge in [-0.1, -0.05) is 24.3 Å². The minimum atomic E-state index is 0.435. The monoisotopic (exact) mass is 358 g/mol. The molecule has 1 saturated heterocycles. The van der Waals surface area contributed by atoms with Crippen molar-refractivity contribution in [3.05, 3.63) is 65.9 Å². The molecule has 4 heterocycles. The summed E-state index contributed by atoms with van der Waals surface area (Å²) < 4.78 is 1.90. The molecule has 0 N–H and O–H groups in total. The number of likely N-dealkylation sites (tertiary alicyclic amines) is 1. The van der Waals surface area contributed by atoms with Crippen LogP contribution in [0.5, 0.6) is 0 Å². The Labute approximate surface area is 157 Å². The summed E-state index contributed by atoms with van der Waals surface area (Å²) in [6.45, 7) is 5.02. The normalized spacial score (nSPS) is 18.3. The number of aromatic nitrogens is 5. The lowest BCUT2D eigenvalue weighted by molar-refractivity contribution is 0.195. The van der Waals surface area contributed by atoms with Gasteiger partial charge in [-0.2, -0.15) is 10.1 Å². The lowest BCUT2D eigenvalue weighted by Gasteiger charge is -2.32. The van der Waals surface area contributed by atoms with Crippen LogP contribution in [0.3, 0.4) is 0 Å². The van der Waals surface area contributed by atoms with Gasteiger partial charge < -0.3 is 0 Å². The largest absolute Gasteiger partial charge is 0.297 e. The SMILES string of the molecule is Cc1cc(C2CCCN(Cc3ccc4ccccc4n3)C2)n2ncnc2n1. The second kappa shape index (κ2) is 6.70. The number of hydrogen-bond acceptors (Lipinski definition) is 5. The fourth-order valence-electron chi connectivity index (χ4n) is 4.12. The summed E-state index contributed by atoms with van der Waals surface area (Å²) in [5.41, 5.74) is 4.41. The van der Waals surface area contributed by atoms with E-state index in [0.29, 0.717) is 11.7 Å². The molecular weight excluding hydrogens is 336 g/mol. The highest BCUT2D eigenvalue weighted by molar-refractivity contribution is 5.78. The molecule has 5 rings (SSSR count). The first-order valence-electron chi connectivity index (χ1n) is 9.50. The third-order valence-electron chi connectivity index (χ3n) is 5.37. The lowest BCUT2D eigenvalue weighted by atomic mass is 9.94. The summed E-state index contributed by atoms with van der Waals surface area (Å²) in [5, 5.41) is 5.58. The fourth-order valence-corrected chi connectivity index (χ4v) is 4.12. The molecule has 1 unspecified atom stereocenters. The van der Waals surface area contributed by atoms with E-state index in [0.717, 1.165) is 36.5 Å². The van der Waals surface area contributed by atoms with Crippen molar-refractivity contribution >= 4 is 16.7 Å². The topological polar surface area (TPSA) is 59.2 Å². The Balaban J connectivity index is 1.39. The second-order valence-corrected chi connectivity index (χ2v) is 7.36. The van der Waals surface area contributed by atoms with E-state index in [1.54, 1.807) is 6.33 Å². The first kappa shape index (κ1) is 16.3. The summed E-state index contributed by atoms with van der Waals surface area (Å²) in [4.78, 5) is 16.1. The fraction of sp³-hybridized carbons (Fsp3) is 0.333. The van der Waals surface area contributed by atoms with Gasteiger partial charge >= 0.3 is 0 Å². The smallest absolute Gasteiger partial charge is 0.252 e. The summed E-state index contributed by atoms with van der Waals surface area (Å²) in [6.07, 6.45) is 3.93. The van der Waals surface area contributed by atoms with Crippen molar-refractivity contribution in [2.45, 2.75) is 32.2 Å². The van der Waals surface area contributed by atoms with Gasteiger partial charge in [-0.15, -0.1) is 0 Å². The third-order valence-corrected chi connectivity index (χ3v) is 5.37. The zero-order valence-electron chi connectivity index (χ0n) is 15.4. The first-order valence-corrected chi connectivity index (χ1v) is 9.50. The predicted octanol–water partition coefficient (Wildman–Crippen LogP) is 3.36. The molecule has 0 amide bonds. The van der Waals surface area contributed by atoms with Crippen LogP contribution in [-0.4, -0.2) is 42.6 Å². The van der Waals surface area contributed by atoms with E-state index in [2.05, 4.69) is 56.4 Å². The van der Waals surface area contributed by atoms with Gasteiger partial charge in [0.05, 0.1) is 16.9 Å². The molecule has 0 spiro atoms. The van der Waals surface area contributed by atoms with Crippen LogP contribution >= 0.6 is 0 Å². The van der Waals surface area contributed by atoms with E-state index in [1.165, 1.54) is 23.9 Å². The van der Waals surface area contributed by atoms with Crippen LogP contribution in [0.1, 0.15) is 35.8 Å². The molecule has 1 aliphatic rings. The molecule has 6 heteroatoms. The van der Waals surface area contributed by atoms with Crippen molar-refractivity contribution in [1.29, 1.82) is 0 Å². The number of nitrogens with zero attached hydrogens (tertiary/aromatic N) is 6. The molecule has 3 aromatic heterocycles. The van der Waals surface area contributed by atoms with Gasteiger partial charge in [-0.25, -0.2) is 9.50 Å². The van der Waals surface area contributed by atoms with Crippen LogP contribution in [0.15, 0.2) is 48.8 Å². The Bertz CT molecular complexity index is 1100. The maximum Gasteiger partial charge on any atom is 0.252 e. The molecule has 1 atom stereocenters. The summed E-state index contributed by atoms with van der Waals surface area (Å²) >= 11 is 0. The average Bonchev–Trinajstić information content (AvgIpc) is 3.16. The van der Waals surface area contributed by atoms with Gasteiger partial charge in [0.1, 0.15) is 6.33 Å². The van der Waals surface area contributed by atoms with Gasteiger partial charge in [0.2, 0.25) is 0 Å². The van der Waals surface area contributed by atoms with Crippen molar-refractivity contribution < 1.29 is 0 Å². The second-order valence-electron chi connectivity index (χ2n) is 7.36. The molecule has 1 fully saturated rings. The summed E-state index contributed by atoms with van der Waals surface area (Å²) in [5.74, 6) is 1.13. The maximum atomic E-state index is 4.84. The molecule has 0 saturated carbocycles. The van der Waals surface area contributed by atoms with Gasteiger partial charge in [0.25, 0.3) is 5.78 Å². The Morgan fingerprint density at radius 2 is 2.04 bits per heavy atom. The molecule has 0 radical (unpaired) electrons.